The Morgan fingerprint density at radius 1 is 1.29 bits per heavy atom. The molecule has 6 heteroatoms. The smallest absolute Gasteiger partial charge is 0.217 e. The molecule has 0 amide bonds. The fourth-order valence-electron chi connectivity index (χ4n) is 2.69. The average Bonchev–Trinajstić information content (AvgIpc) is 2.49. The van der Waals surface area contributed by atoms with Crippen LogP contribution in [-0.4, -0.2) is 37.7 Å². The maximum absolute atomic E-state index is 12.4. The second-order valence-corrected chi connectivity index (χ2v) is 7.44. The number of hydrogen-bond donors (Lipinski definition) is 1. The molecule has 0 saturated carbocycles. The molecule has 1 unspecified atom stereocenters. The van der Waals surface area contributed by atoms with Gasteiger partial charge in [0.05, 0.1) is 5.75 Å². The first-order chi connectivity index (χ1) is 10.0. The molecule has 0 radical (unpaired) electrons. The molecule has 1 aliphatic rings. The van der Waals surface area contributed by atoms with Crippen LogP contribution in [0.2, 0.25) is 0 Å². The Morgan fingerprint density at radius 2 is 2.00 bits per heavy atom. The van der Waals surface area contributed by atoms with Gasteiger partial charge in [0.25, 0.3) is 0 Å². The van der Waals surface area contributed by atoms with E-state index in [9.17, 15) is 8.42 Å². The lowest BCUT2D eigenvalue weighted by Crippen LogP contribution is -2.45. The van der Waals surface area contributed by atoms with Gasteiger partial charge in [0.1, 0.15) is 12.4 Å². The Balaban J connectivity index is 1.90. The third kappa shape index (κ3) is 4.35. The standard InChI is InChI=1S/C15H24N2O3S/c1-2-14-5-3-4-10-17(14)21(18,19)12-11-20-15-8-6-13(16)7-9-15/h6-9,14H,2-5,10-12,16H2,1H3. The van der Waals surface area contributed by atoms with E-state index in [4.69, 9.17) is 10.5 Å². The van der Waals surface area contributed by atoms with Crippen LogP contribution in [0.25, 0.3) is 0 Å². The lowest BCUT2D eigenvalue weighted by Gasteiger charge is -2.34. The summed E-state index contributed by atoms with van der Waals surface area (Å²) in [5.74, 6) is 0.665. The number of rotatable bonds is 6. The molecular formula is C15H24N2O3S. The molecule has 0 aliphatic carbocycles. The van der Waals surface area contributed by atoms with E-state index < -0.39 is 10.0 Å². The number of nitrogen functional groups attached to an aromatic ring is 1. The highest BCUT2D eigenvalue weighted by Gasteiger charge is 2.30. The van der Waals surface area contributed by atoms with Crippen LogP contribution < -0.4 is 10.5 Å². The SMILES string of the molecule is CCC1CCCCN1S(=O)(=O)CCOc1ccc(N)cc1. The third-order valence-corrected chi connectivity index (χ3v) is 5.77. The summed E-state index contributed by atoms with van der Waals surface area (Å²) in [5.41, 5.74) is 6.26. The summed E-state index contributed by atoms with van der Waals surface area (Å²) in [6.07, 6.45) is 3.91. The van der Waals surface area contributed by atoms with Gasteiger partial charge in [-0.05, 0) is 43.5 Å². The maximum atomic E-state index is 12.4. The van der Waals surface area contributed by atoms with E-state index in [1.807, 2.05) is 6.92 Å². The molecule has 1 saturated heterocycles. The van der Waals surface area contributed by atoms with E-state index in [-0.39, 0.29) is 18.4 Å². The van der Waals surface area contributed by atoms with Crippen LogP contribution >= 0.6 is 0 Å². The van der Waals surface area contributed by atoms with Crippen molar-refractivity contribution in [3.05, 3.63) is 24.3 Å². The van der Waals surface area contributed by atoms with Crippen molar-refractivity contribution in [1.29, 1.82) is 0 Å². The highest BCUT2D eigenvalue weighted by molar-refractivity contribution is 7.89. The van der Waals surface area contributed by atoms with E-state index in [0.29, 0.717) is 18.0 Å². The second-order valence-electron chi connectivity index (χ2n) is 5.40. The Bertz CT molecular complexity index is 543. The highest BCUT2D eigenvalue weighted by atomic mass is 32.2. The van der Waals surface area contributed by atoms with Crippen molar-refractivity contribution in [1.82, 2.24) is 4.31 Å². The minimum absolute atomic E-state index is 0.0217. The van der Waals surface area contributed by atoms with Gasteiger partial charge in [-0.25, -0.2) is 8.42 Å². The Hall–Kier alpha value is -1.27. The summed E-state index contributed by atoms with van der Waals surface area (Å²) in [6, 6.07) is 7.12. The van der Waals surface area contributed by atoms with Crippen molar-refractivity contribution in [3.63, 3.8) is 0 Å². The summed E-state index contributed by atoms with van der Waals surface area (Å²) in [6.45, 7) is 2.85. The predicted molar refractivity (Wildman–Crippen MR) is 84.8 cm³/mol. The van der Waals surface area contributed by atoms with Gasteiger partial charge in [0, 0.05) is 18.3 Å². The fourth-order valence-corrected chi connectivity index (χ4v) is 4.34. The van der Waals surface area contributed by atoms with Crippen molar-refractivity contribution >= 4 is 15.7 Å². The first-order valence-corrected chi connectivity index (χ1v) is 9.11. The lowest BCUT2D eigenvalue weighted by atomic mass is 10.0. The summed E-state index contributed by atoms with van der Waals surface area (Å²) in [7, 11) is -3.24. The maximum Gasteiger partial charge on any atom is 0.217 e. The number of benzene rings is 1. The highest BCUT2D eigenvalue weighted by Crippen LogP contribution is 2.23. The molecule has 118 valence electrons. The number of nitrogens with two attached hydrogens (primary N) is 1. The molecule has 1 aromatic carbocycles. The molecule has 21 heavy (non-hydrogen) atoms. The van der Waals surface area contributed by atoms with Gasteiger partial charge in [-0.1, -0.05) is 13.3 Å². The minimum atomic E-state index is -3.24. The van der Waals surface area contributed by atoms with Crippen molar-refractivity contribution in [2.45, 2.75) is 38.6 Å². The summed E-state index contributed by atoms with van der Waals surface area (Å²) in [4.78, 5) is 0. The largest absolute Gasteiger partial charge is 0.492 e. The van der Waals surface area contributed by atoms with Gasteiger partial charge < -0.3 is 10.5 Å². The topological polar surface area (TPSA) is 72.6 Å². The molecule has 0 aromatic heterocycles. The van der Waals surface area contributed by atoms with Crippen LogP contribution in [0.15, 0.2) is 24.3 Å². The second kappa shape index (κ2) is 7.13. The third-order valence-electron chi connectivity index (χ3n) is 3.89. The summed E-state index contributed by atoms with van der Waals surface area (Å²) < 4.78 is 32.0. The summed E-state index contributed by atoms with van der Waals surface area (Å²) in [5, 5.41) is 0. The van der Waals surface area contributed by atoms with E-state index in [1.165, 1.54) is 0 Å². The molecule has 5 nitrogen and oxygen atoms in total. The summed E-state index contributed by atoms with van der Waals surface area (Å²) >= 11 is 0. The van der Waals surface area contributed by atoms with Gasteiger partial charge in [0.15, 0.2) is 0 Å². The van der Waals surface area contributed by atoms with Crippen LogP contribution in [0.3, 0.4) is 0 Å². The van der Waals surface area contributed by atoms with Crippen molar-refractivity contribution in [2.75, 3.05) is 24.6 Å². The van der Waals surface area contributed by atoms with Crippen molar-refractivity contribution in [2.24, 2.45) is 0 Å². The number of piperidine rings is 1. The van der Waals surface area contributed by atoms with Crippen LogP contribution in [0.1, 0.15) is 32.6 Å². The molecule has 1 heterocycles. The molecule has 1 aromatic rings. The van der Waals surface area contributed by atoms with Gasteiger partial charge in [-0.2, -0.15) is 4.31 Å². The van der Waals surface area contributed by atoms with Gasteiger partial charge >= 0.3 is 0 Å². The first kappa shape index (κ1) is 16.1. The lowest BCUT2D eigenvalue weighted by molar-refractivity contribution is 0.243. The average molecular weight is 312 g/mol. The first-order valence-electron chi connectivity index (χ1n) is 7.51. The zero-order chi connectivity index (χ0) is 15.3. The number of hydrogen-bond acceptors (Lipinski definition) is 4. The van der Waals surface area contributed by atoms with Gasteiger partial charge in [0.2, 0.25) is 10.0 Å². The normalized spacial score (nSPS) is 20.3. The number of nitrogens with zero attached hydrogens (tertiary/aromatic N) is 1. The zero-order valence-electron chi connectivity index (χ0n) is 12.5. The molecule has 1 atom stereocenters. The van der Waals surface area contributed by atoms with Crippen LogP contribution in [0, 0.1) is 0 Å². The molecule has 1 aliphatic heterocycles. The zero-order valence-corrected chi connectivity index (χ0v) is 13.3. The van der Waals surface area contributed by atoms with E-state index in [0.717, 1.165) is 25.7 Å². The molecule has 2 rings (SSSR count). The van der Waals surface area contributed by atoms with Crippen molar-refractivity contribution in [3.8, 4) is 5.75 Å². The van der Waals surface area contributed by atoms with Gasteiger partial charge in [-0.15, -0.1) is 0 Å². The molecule has 0 bridgehead atoms. The quantitative estimate of drug-likeness (QED) is 0.818. The number of ether oxygens (including phenoxy) is 1. The fraction of sp³-hybridized carbons (Fsp3) is 0.600. The predicted octanol–water partition coefficient (Wildman–Crippen LogP) is 2.24. The minimum Gasteiger partial charge on any atom is -0.492 e. The molecule has 0 spiro atoms. The Morgan fingerprint density at radius 3 is 2.67 bits per heavy atom. The molecule has 1 fully saturated rings. The number of anilines is 1. The Labute approximate surface area is 127 Å². The van der Waals surface area contributed by atoms with Crippen LogP contribution in [0.5, 0.6) is 5.75 Å². The number of sulfonamides is 1. The van der Waals surface area contributed by atoms with E-state index in [2.05, 4.69) is 0 Å². The molecular weight excluding hydrogens is 288 g/mol. The van der Waals surface area contributed by atoms with E-state index >= 15 is 0 Å². The van der Waals surface area contributed by atoms with Crippen molar-refractivity contribution < 1.29 is 13.2 Å². The van der Waals surface area contributed by atoms with Gasteiger partial charge in [-0.3, -0.25) is 0 Å². The van der Waals surface area contributed by atoms with E-state index in [1.54, 1.807) is 28.6 Å². The van der Waals surface area contributed by atoms with Crippen LogP contribution in [0.4, 0.5) is 5.69 Å². The van der Waals surface area contributed by atoms with Crippen LogP contribution in [-0.2, 0) is 10.0 Å². The Kier molecular flexibility index (Phi) is 5.47. The monoisotopic (exact) mass is 312 g/mol. The molecule has 2 N–H and O–H groups in total.